The number of aromatic nitrogens is 2. The molecule has 104 valence electrons. The van der Waals surface area contributed by atoms with E-state index in [1.54, 1.807) is 6.07 Å². The van der Waals surface area contributed by atoms with E-state index >= 15 is 0 Å². The predicted molar refractivity (Wildman–Crippen MR) is 73.5 cm³/mol. The molecule has 3 N–H and O–H groups in total. The highest BCUT2D eigenvalue weighted by Gasteiger charge is 2.24. The van der Waals surface area contributed by atoms with Crippen molar-refractivity contribution in [1.82, 2.24) is 14.9 Å². The second-order valence-corrected chi connectivity index (χ2v) is 5.06. The number of carbonyl (C=O) groups excluding carboxylic acids is 1. The highest BCUT2D eigenvalue weighted by molar-refractivity contribution is 5.92. The van der Waals surface area contributed by atoms with Gasteiger partial charge in [-0.15, -0.1) is 0 Å². The molecule has 1 saturated heterocycles. The molecule has 0 aromatic carbocycles. The SMILES string of the molecule is Cc1cc(C(=O)N2CCCCCC2C)nc(NN)n1. The van der Waals surface area contributed by atoms with E-state index in [2.05, 4.69) is 22.3 Å². The Kier molecular flexibility index (Phi) is 4.31. The first-order chi connectivity index (χ1) is 9.11. The van der Waals surface area contributed by atoms with Crippen molar-refractivity contribution in [2.75, 3.05) is 12.0 Å². The summed E-state index contributed by atoms with van der Waals surface area (Å²) in [5, 5.41) is 0. The number of rotatable bonds is 2. The van der Waals surface area contributed by atoms with Gasteiger partial charge < -0.3 is 4.90 Å². The van der Waals surface area contributed by atoms with Crippen molar-refractivity contribution >= 4 is 11.9 Å². The van der Waals surface area contributed by atoms with E-state index in [1.807, 2.05) is 11.8 Å². The third-order valence-electron chi connectivity index (χ3n) is 3.52. The fourth-order valence-electron chi connectivity index (χ4n) is 2.47. The normalized spacial score (nSPS) is 19.9. The first kappa shape index (κ1) is 13.7. The summed E-state index contributed by atoms with van der Waals surface area (Å²) in [4.78, 5) is 22.7. The molecule has 0 saturated carbocycles. The molecule has 1 unspecified atom stereocenters. The van der Waals surface area contributed by atoms with Crippen LogP contribution in [0.4, 0.5) is 5.95 Å². The first-order valence-electron chi connectivity index (χ1n) is 6.75. The maximum atomic E-state index is 12.6. The first-order valence-corrected chi connectivity index (χ1v) is 6.75. The van der Waals surface area contributed by atoms with Crippen LogP contribution in [0.2, 0.25) is 0 Å². The number of hydrazine groups is 1. The van der Waals surface area contributed by atoms with Crippen molar-refractivity contribution < 1.29 is 4.79 Å². The second kappa shape index (κ2) is 5.97. The topological polar surface area (TPSA) is 84.1 Å². The summed E-state index contributed by atoms with van der Waals surface area (Å²) in [6, 6.07) is 1.97. The Hall–Kier alpha value is -1.69. The van der Waals surface area contributed by atoms with Gasteiger partial charge in [-0.2, -0.15) is 0 Å². The Morgan fingerprint density at radius 2 is 2.21 bits per heavy atom. The van der Waals surface area contributed by atoms with Crippen LogP contribution in [0.5, 0.6) is 0 Å². The Morgan fingerprint density at radius 3 is 2.95 bits per heavy atom. The molecule has 0 aliphatic carbocycles. The van der Waals surface area contributed by atoms with E-state index in [0.29, 0.717) is 5.69 Å². The van der Waals surface area contributed by atoms with Crippen LogP contribution < -0.4 is 11.3 Å². The molecule has 0 bridgehead atoms. The van der Waals surface area contributed by atoms with Crippen LogP contribution in [0, 0.1) is 6.92 Å². The molecular formula is C13H21N5O. The van der Waals surface area contributed by atoms with Crippen LogP contribution in [0.15, 0.2) is 6.07 Å². The molecule has 0 spiro atoms. The fraction of sp³-hybridized carbons (Fsp3) is 0.615. The van der Waals surface area contributed by atoms with Crippen LogP contribution in [0.3, 0.4) is 0 Å². The fourth-order valence-corrected chi connectivity index (χ4v) is 2.47. The number of nitrogens with zero attached hydrogens (tertiary/aromatic N) is 3. The number of likely N-dealkylation sites (tertiary alicyclic amines) is 1. The third-order valence-corrected chi connectivity index (χ3v) is 3.52. The predicted octanol–water partition coefficient (Wildman–Crippen LogP) is 1.48. The minimum Gasteiger partial charge on any atom is -0.335 e. The molecule has 1 fully saturated rings. The van der Waals surface area contributed by atoms with E-state index in [4.69, 9.17) is 5.84 Å². The number of amides is 1. The van der Waals surface area contributed by atoms with E-state index < -0.39 is 0 Å². The van der Waals surface area contributed by atoms with Gasteiger partial charge in [0.25, 0.3) is 5.91 Å². The van der Waals surface area contributed by atoms with Crippen LogP contribution >= 0.6 is 0 Å². The quantitative estimate of drug-likeness (QED) is 0.623. The number of aryl methyl sites for hydroxylation is 1. The summed E-state index contributed by atoms with van der Waals surface area (Å²) in [5.74, 6) is 5.57. The lowest BCUT2D eigenvalue weighted by Crippen LogP contribution is -2.38. The summed E-state index contributed by atoms with van der Waals surface area (Å²) >= 11 is 0. The average Bonchev–Trinajstić information content (AvgIpc) is 2.61. The van der Waals surface area contributed by atoms with Crippen molar-refractivity contribution in [2.45, 2.75) is 45.6 Å². The van der Waals surface area contributed by atoms with Crippen molar-refractivity contribution in [3.8, 4) is 0 Å². The van der Waals surface area contributed by atoms with Crippen LogP contribution in [-0.2, 0) is 0 Å². The van der Waals surface area contributed by atoms with E-state index in [-0.39, 0.29) is 17.9 Å². The van der Waals surface area contributed by atoms with Gasteiger partial charge in [-0.05, 0) is 32.8 Å². The van der Waals surface area contributed by atoms with Gasteiger partial charge in [-0.1, -0.05) is 12.8 Å². The lowest BCUT2D eigenvalue weighted by molar-refractivity contribution is 0.0691. The zero-order valence-corrected chi connectivity index (χ0v) is 11.5. The summed E-state index contributed by atoms with van der Waals surface area (Å²) in [5.41, 5.74) is 3.54. The molecule has 6 nitrogen and oxygen atoms in total. The number of hydrogen-bond acceptors (Lipinski definition) is 5. The van der Waals surface area contributed by atoms with Gasteiger partial charge in [0.15, 0.2) is 0 Å². The van der Waals surface area contributed by atoms with Gasteiger partial charge in [0, 0.05) is 18.3 Å². The Morgan fingerprint density at radius 1 is 1.42 bits per heavy atom. The second-order valence-electron chi connectivity index (χ2n) is 5.06. The molecule has 19 heavy (non-hydrogen) atoms. The van der Waals surface area contributed by atoms with E-state index in [1.165, 1.54) is 12.8 Å². The van der Waals surface area contributed by atoms with Crippen LogP contribution in [0.1, 0.15) is 48.8 Å². The van der Waals surface area contributed by atoms with Gasteiger partial charge in [-0.25, -0.2) is 15.8 Å². The van der Waals surface area contributed by atoms with E-state index in [9.17, 15) is 4.79 Å². The Bertz CT molecular complexity index is 462. The summed E-state index contributed by atoms with van der Waals surface area (Å²) < 4.78 is 0. The Balaban J connectivity index is 2.24. The number of nitrogen functional groups attached to an aromatic ring is 1. The van der Waals surface area contributed by atoms with Crippen LogP contribution in [0.25, 0.3) is 0 Å². The molecule has 2 rings (SSSR count). The summed E-state index contributed by atoms with van der Waals surface area (Å²) in [6.45, 7) is 4.72. The number of nitrogens with one attached hydrogen (secondary N) is 1. The average molecular weight is 263 g/mol. The number of hydrogen-bond donors (Lipinski definition) is 2. The standard InChI is InChI=1S/C13H21N5O/c1-9-8-11(16-13(15-9)17-14)12(19)18-7-5-3-4-6-10(18)2/h8,10H,3-7,14H2,1-2H3,(H,15,16,17). The number of carbonyl (C=O) groups is 1. The molecule has 1 aromatic rings. The van der Waals surface area contributed by atoms with E-state index in [0.717, 1.165) is 25.1 Å². The van der Waals surface area contributed by atoms with Gasteiger partial charge >= 0.3 is 0 Å². The largest absolute Gasteiger partial charge is 0.335 e. The molecule has 1 aromatic heterocycles. The van der Waals surface area contributed by atoms with Gasteiger partial charge in [0.2, 0.25) is 5.95 Å². The smallest absolute Gasteiger partial charge is 0.272 e. The molecular weight excluding hydrogens is 242 g/mol. The summed E-state index contributed by atoms with van der Waals surface area (Å²) in [6.07, 6.45) is 4.48. The monoisotopic (exact) mass is 263 g/mol. The maximum absolute atomic E-state index is 12.6. The van der Waals surface area contributed by atoms with Crippen molar-refractivity contribution in [3.05, 3.63) is 17.5 Å². The van der Waals surface area contributed by atoms with Gasteiger partial charge in [0.1, 0.15) is 5.69 Å². The maximum Gasteiger partial charge on any atom is 0.272 e. The van der Waals surface area contributed by atoms with Crippen LogP contribution in [-0.4, -0.2) is 33.4 Å². The van der Waals surface area contributed by atoms with Gasteiger partial charge in [0.05, 0.1) is 0 Å². The van der Waals surface area contributed by atoms with Crippen molar-refractivity contribution in [1.29, 1.82) is 0 Å². The minimum absolute atomic E-state index is 0.0311. The zero-order valence-electron chi connectivity index (χ0n) is 11.5. The van der Waals surface area contributed by atoms with Crippen molar-refractivity contribution in [2.24, 2.45) is 5.84 Å². The minimum atomic E-state index is -0.0311. The third kappa shape index (κ3) is 3.20. The molecule has 1 aliphatic heterocycles. The Labute approximate surface area is 113 Å². The lowest BCUT2D eigenvalue weighted by atomic mass is 10.1. The molecule has 1 aliphatic rings. The molecule has 6 heteroatoms. The zero-order chi connectivity index (χ0) is 13.8. The highest BCUT2D eigenvalue weighted by Crippen LogP contribution is 2.19. The molecule has 1 atom stereocenters. The molecule has 1 amide bonds. The lowest BCUT2D eigenvalue weighted by Gasteiger charge is -2.26. The number of anilines is 1. The molecule has 2 heterocycles. The highest BCUT2D eigenvalue weighted by atomic mass is 16.2. The summed E-state index contributed by atoms with van der Waals surface area (Å²) in [7, 11) is 0. The van der Waals surface area contributed by atoms with Gasteiger partial charge in [-0.3, -0.25) is 10.2 Å². The number of nitrogens with two attached hydrogens (primary N) is 1. The van der Waals surface area contributed by atoms with Crippen molar-refractivity contribution in [3.63, 3.8) is 0 Å². The molecule has 0 radical (unpaired) electrons.